The van der Waals surface area contributed by atoms with E-state index in [2.05, 4.69) is 57.3 Å². The molecular weight excluding hydrogens is 222 g/mol. The highest BCUT2D eigenvalue weighted by Crippen LogP contribution is 2.24. The summed E-state index contributed by atoms with van der Waals surface area (Å²) in [5, 5.41) is 3.54. The zero-order valence-corrected chi connectivity index (χ0v) is 12.4. The summed E-state index contributed by atoms with van der Waals surface area (Å²) >= 11 is 0. The van der Waals surface area contributed by atoms with Gasteiger partial charge in [-0.25, -0.2) is 0 Å². The van der Waals surface area contributed by atoms with Crippen LogP contribution in [0.2, 0.25) is 0 Å². The van der Waals surface area contributed by atoms with Crippen molar-refractivity contribution in [2.24, 2.45) is 11.3 Å². The third-order valence-corrected chi connectivity index (χ3v) is 3.81. The molecule has 1 aromatic rings. The van der Waals surface area contributed by atoms with E-state index in [1.54, 1.807) is 7.11 Å². The second-order valence-electron chi connectivity index (χ2n) is 6.00. The molecule has 0 bridgehead atoms. The predicted molar refractivity (Wildman–Crippen MR) is 77.5 cm³/mol. The minimum Gasteiger partial charge on any atom is -0.380 e. The molecule has 2 heteroatoms. The SMILES string of the molecule is COCc1ccc(CNCC(C)(C)C(C)C)cc1. The standard InChI is InChI=1S/C16H27NO/c1-13(2)16(3,4)12-17-10-14-6-8-15(9-7-14)11-18-5/h6-9,13,17H,10-12H2,1-5H3. The number of nitrogens with one attached hydrogen (secondary N) is 1. The Morgan fingerprint density at radius 1 is 1.11 bits per heavy atom. The average molecular weight is 249 g/mol. The first kappa shape index (κ1) is 15.2. The molecular formula is C16H27NO. The van der Waals surface area contributed by atoms with Crippen LogP contribution in [0.15, 0.2) is 24.3 Å². The lowest BCUT2D eigenvalue weighted by Crippen LogP contribution is -2.33. The van der Waals surface area contributed by atoms with Gasteiger partial charge in [0.1, 0.15) is 0 Å². The average Bonchev–Trinajstić information content (AvgIpc) is 2.31. The lowest BCUT2D eigenvalue weighted by Gasteiger charge is -2.29. The molecule has 0 fully saturated rings. The smallest absolute Gasteiger partial charge is 0.0713 e. The number of rotatable bonds is 7. The van der Waals surface area contributed by atoms with Crippen LogP contribution in [0.4, 0.5) is 0 Å². The highest BCUT2D eigenvalue weighted by atomic mass is 16.5. The van der Waals surface area contributed by atoms with Gasteiger partial charge < -0.3 is 10.1 Å². The van der Waals surface area contributed by atoms with Crippen molar-refractivity contribution < 1.29 is 4.74 Å². The van der Waals surface area contributed by atoms with Crippen LogP contribution in [0.3, 0.4) is 0 Å². The van der Waals surface area contributed by atoms with Gasteiger partial charge in [-0.15, -0.1) is 0 Å². The van der Waals surface area contributed by atoms with Crippen LogP contribution >= 0.6 is 0 Å². The van der Waals surface area contributed by atoms with Crippen molar-refractivity contribution in [2.75, 3.05) is 13.7 Å². The lowest BCUT2D eigenvalue weighted by atomic mass is 9.81. The van der Waals surface area contributed by atoms with E-state index in [1.165, 1.54) is 11.1 Å². The summed E-state index contributed by atoms with van der Waals surface area (Å²) in [6, 6.07) is 8.61. The molecule has 0 saturated heterocycles. The minimum atomic E-state index is 0.343. The van der Waals surface area contributed by atoms with Gasteiger partial charge in [0.25, 0.3) is 0 Å². The Balaban J connectivity index is 2.40. The Hall–Kier alpha value is -0.860. The highest BCUT2D eigenvalue weighted by Gasteiger charge is 2.21. The number of methoxy groups -OCH3 is 1. The zero-order valence-electron chi connectivity index (χ0n) is 12.4. The number of hydrogen-bond acceptors (Lipinski definition) is 2. The Morgan fingerprint density at radius 2 is 1.67 bits per heavy atom. The van der Waals surface area contributed by atoms with E-state index in [0.717, 1.165) is 13.1 Å². The van der Waals surface area contributed by atoms with Crippen molar-refractivity contribution in [1.82, 2.24) is 5.32 Å². The highest BCUT2D eigenvalue weighted by molar-refractivity contribution is 5.21. The van der Waals surface area contributed by atoms with Gasteiger partial charge in [-0.05, 0) is 22.5 Å². The monoisotopic (exact) mass is 249 g/mol. The molecule has 0 heterocycles. The van der Waals surface area contributed by atoms with Crippen LogP contribution < -0.4 is 5.32 Å². The summed E-state index contributed by atoms with van der Waals surface area (Å²) in [7, 11) is 1.73. The molecule has 2 nitrogen and oxygen atoms in total. The molecule has 0 aliphatic heterocycles. The normalized spacial score (nSPS) is 12.1. The molecule has 18 heavy (non-hydrogen) atoms. The van der Waals surface area contributed by atoms with Crippen LogP contribution in [0, 0.1) is 11.3 Å². The Labute approximate surface area is 112 Å². The van der Waals surface area contributed by atoms with Crippen LogP contribution in [0.5, 0.6) is 0 Å². The van der Waals surface area contributed by atoms with E-state index >= 15 is 0 Å². The van der Waals surface area contributed by atoms with Gasteiger partial charge in [-0.3, -0.25) is 0 Å². The van der Waals surface area contributed by atoms with Crippen molar-refractivity contribution in [3.63, 3.8) is 0 Å². The Bertz CT molecular complexity index is 341. The molecule has 102 valence electrons. The van der Waals surface area contributed by atoms with Crippen molar-refractivity contribution in [1.29, 1.82) is 0 Å². The largest absolute Gasteiger partial charge is 0.380 e. The van der Waals surface area contributed by atoms with E-state index in [4.69, 9.17) is 4.74 Å². The molecule has 0 unspecified atom stereocenters. The number of hydrogen-bond donors (Lipinski definition) is 1. The fraction of sp³-hybridized carbons (Fsp3) is 0.625. The summed E-state index contributed by atoms with van der Waals surface area (Å²) in [6.45, 7) is 11.9. The maximum absolute atomic E-state index is 5.10. The van der Waals surface area contributed by atoms with Crippen LogP contribution in [0.1, 0.15) is 38.8 Å². The van der Waals surface area contributed by atoms with E-state index in [1.807, 2.05) is 0 Å². The molecule has 1 N–H and O–H groups in total. The fourth-order valence-corrected chi connectivity index (χ4v) is 1.65. The second kappa shape index (κ2) is 6.91. The molecule has 0 aromatic heterocycles. The van der Waals surface area contributed by atoms with Crippen LogP contribution in [-0.4, -0.2) is 13.7 Å². The quantitative estimate of drug-likeness (QED) is 0.797. The van der Waals surface area contributed by atoms with Crippen LogP contribution in [0.25, 0.3) is 0 Å². The van der Waals surface area contributed by atoms with Crippen LogP contribution in [-0.2, 0) is 17.9 Å². The van der Waals surface area contributed by atoms with Gasteiger partial charge in [0.15, 0.2) is 0 Å². The zero-order chi connectivity index (χ0) is 13.6. The number of benzene rings is 1. The lowest BCUT2D eigenvalue weighted by molar-refractivity contribution is 0.185. The minimum absolute atomic E-state index is 0.343. The summed E-state index contributed by atoms with van der Waals surface area (Å²) in [6.07, 6.45) is 0. The molecule has 0 aliphatic rings. The van der Waals surface area contributed by atoms with E-state index < -0.39 is 0 Å². The third-order valence-electron chi connectivity index (χ3n) is 3.81. The van der Waals surface area contributed by atoms with E-state index in [9.17, 15) is 0 Å². The van der Waals surface area contributed by atoms with Crippen molar-refractivity contribution in [3.8, 4) is 0 Å². The van der Waals surface area contributed by atoms with Crippen molar-refractivity contribution in [3.05, 3.63) is 35.4 Å². The fourth-order valence-electron chi connectivity index (χ4n) is 1.65. The summed E-state index contributed by atoms with van der Waals surface area (Å²) in [4.78, 5) is 0. The summed E-state index contributed by atoms with van der Waals surface area (Å²) in [5.74, 6) is 0.689. The topological polar surface area (TPSA) is 21.3 Å². The van der Waals surface area contributed by atoms with Gasteiger partial charge in [0.2, 0.25) is 0 Å². The first-order valence-electron chi connectivity index (χ1n) is 6.73. The molecule has 0 atom stereocenters. The van der Waals surface area contributed by atoms with Crippen molar-refractivity contribution >= 4 is 0 Å². The summed E-state index contributed by atoms with van der Waals surface area (Å²) in [5.41, 5.74) is 2.90. The van der Waals surface area contributed by atoms with Gasteiger partial charge in [0.05, 0.1) is 6.61 Å². The maximum atomic E-state index is 5.10. The van der Waals surface area contributed by atoms with E-state index in [-0.39, 0.29) is 0 Å². The van der Waals surface area contributed by atoms with Crippen molar-refractivity contribution in [2.45, 2.75) is 40.8 Å². The molecule has 0 aliphatic carbocycles. The third kappa shape index (κ3) is 4.79. The van der Waals surface area contributed by atoms with Gasteiger partial charge >= 0.3 is 0 Å². The molecule has 1 rings (SSSR count). The maximum Gasteiger partial charge on any atom is 0.0713 e. The predicted octanol–water partition coefficient (Wildman–Crippen LogP) is 3.60. The molecule has 0 saturated carbocycles. The molecule has 0 spiro atoms. The molecule has 0 amide bonds. The molecule has 1 aromatic carbocycles. The van der Waals surface area contributed by atoms with Gasteiger partial charge in [-0.1, -0.05) is 52.0 Å². The first-order valence-corrected chi connectivity index (χ1v) is 6.73. The second-order valence-corrected chi connectivity index (χ2v) is 6.00. The molecule has 0 radical (unpaired) electrons. The Kier molecular flexibility index (Phi) is 5.83. The Morgan fingerprint density at radius 3 is 2.17 bits per heavy atom. The van der Waals surface area contributed by atoms with Gasteiger partial charge in [-0.2, -0.15) is 0 Å². The first-order chi connectivity index (χ1) is 8.45. The summed E-state index contributed by atoms with van der Waals surface area (Å²) < 4.78 is 5.10. The number of ether oxygens (including phenoxy) is 1. The van der Waals surface area contributed by atoms with Gasteiger partial charge in [0, 0.05) is 20.2 Å². The van der Waals surface area contributed by atoms with E-state index in [0.29, 0.717) is 17.9 Å².